The van der Waals surface area contributed by atoms with Crippen LogP contribution < -0.4 is 5.32 Å². The first-order valence-corrected chi connectivity index (χ1v) is 10.2. The Labute approximate surface area is 166 Å². The van der Waals surface area contributed by atoms with Gasteiger partial charge in [0.05, 0.1) is 5.69 Å². The second kappa shape index (κ2) is 8.13. The van der Waals surface area contributed by atoms with E-state index in [0.717, 1.165) is 25.0 Å². The molecule has 1 amide bonds. The second-order valence-electron chi connectivity index (χ2n) is 8.00. The number of amides is 1. The molecule has 1 unspecified atom stereocenters. The van der Waals surface area contributed by atoms with Gasteiger partial charge in [-0.3, -0.25) is 14.5 Å². The Morgan fingerprint density at radius 1 is 1.29 bits per heavy atom. The van der Waals surface area contributed by atoms with Gasteiger partial charge in [-0.25, -0.2) is 0 Å². The predicted octanol–water partition coefficient (Wildman–Crippen LogP) is 4.05. The van der Waals surface area contributed by atoms with Crippen molar-refractivity contribution < 1.29 is 4.79 Å². The van der Waals surface area contributed by atoms with E-state index in [0.29, 0.717) is 12.2 Å². The Morgan fingerprint density at radius 2 is 2.14 bits per heavy atom. The van der Waals surface area contributed by atoms with Crippen LogP contribution in [0, 0.1) is 0 Å². The van der Waals surface area contributed by atoms with E-state index in [-0.39, 0.29) is 17.2 Å². The van der Waals surface area contributed by atoms with Crippen LogP contribution in [0.5, 0.6) is 0 Å². The standard InChI is InChI=1S/C23H28N4O/c1-27-21(15-20(26-27)18-9-4-2-5-10-18)22(28)25-17-23(12-6-3-7-13-23)19-11-8-14-24-16-19/h2,4-5,8-9,11,14-16,18H,3,6-7,10,12-13,17H2,1H3,(H,25,28). The molecule has 0 spiro atoms. The van der Waals surface area contributed by atoms with Crippen molar-refractivity contribution in [3.8, 4) is 0 Å². The number of hydrogen-bond acceptors (Lipinski definition) is 3. The van der Waals surface area contributed by atoms with Gasteiger partial charge in [-0.1, -0.05) is 49.6 Å². The van der Waals surface area contributed by atoms with Gasteiger partial charge in [-0.15, -0.1) is 0 Å². The molecule has 2 heterocycles. The molecule has 2 aromatic heterocycles. The molecular formula is C23H28N4O. The lowest BCUT2D eigenvalue weighted by Gasteiger charge is -2.37. The van der Waals surface area contributed by atoms with Crippen LogP contribution in [0.2, 0.25) is 0 Å². The third-order valence-corrected chi connectivity index (χ3v) is 6.16. The first-order valence-electron chi connectivity index (χ1n) is 10.2. The highest BCUT2D eigenvalue weighted by atomic mass is 16.2. The zero-order valence-electron chi connectivity index (χ0n) is 16.5. The molecule has 1 atom stereocenters. The highest BCUT2D eigenvalue weighted by Crippen LogP contribution is 2.38. The first-order chi connectivity index (χ1) is 13.7. The Morgan fingerprint density at radius 3 is 2.86 bits per heavy atom. The molecule has 0 bridgehead atoms. The van der Waals surface area contributed by atoms with Crippen molar-refractivity contribution >= 4 is 5.91 Å². The van der Waals surface area contributed by atoms with Crippen molar-refractivity contribution in [2.75, 3.05) is 6.54 Å². The van der Waals surface area contributed by atoms with Crippen molar-refractivity contribution in [2.24, 2.45) is 7.05 Å². The Balaban J connectivity index is 1.49. The average Bonchev–Trinajstić information content (AvgIpc) is 3.16. The maximum absolute atomic E-state index is 13.0. The van der Waals surface area contributed by atoms with Crippen molar-refractivity contribution in [1.82, 2.24) is 20.1 Å². The van der Waals surface area contributed by atoms with E-state index in [4.69, 9.17) is 0 Å². The van der Waals surface area contributed by atoms with Gasteiger partial charge in [0.1, 0.15) is 5.69 Å². The molecule has 146 valence electrons. The summed E-state index contributed by atoms with van der Waals surface area (Å²) in [6.07, 6.45) is 18.9. The topological polar surface area (TPSA) is 59.8 Å². The fraction of sp³-hybridized carbons (Fsp3) is 0.435. The van der Waals surface area contributed by atoms with E-state index in [1.54, 1.807) is 4.68 Å². The molecule has 2 aliphatic carbocycles. The second-order valence-corrected chi connectivity index (χ2v) is 8.00. The molecule has 2 aromatic rings. The zero-order valence-corrected chi connectivity index (χ0v) is 16.5. The lowest BCUT2D eigenvalue weighted by molar-refractivity contribution is 0.0927. The number of pyridine rings is 1. The lowest BCUT2D eigenvalue weighted by Crippen LogP contribution is -2.42. The van der Waals surface area contributed by atoms with Crippen molar-refractivity contribution in [3.05, 3.63) is 71.8 Å². The molecule has 1 N–H and O–H groups in total. The molecule has 5 nitrogen and oxygen atoms in total. The van der Waals surface area contributed by atoms with E-state index in [1.165, 1.54) is 24.8 Å². The van der Waals surface area contributed by atoms with E-state index >= 15 is 0 Å². The number of hydrogen-bond donors (Lipinski definition) is 1. The number of carbonyl (C=O) groups is 1. The number of rotatable bonds is 5. The summed E-state index contributed by atoms with van der Waals surface area (Å²) < 4.78 is 1.70. The molecule has 1 fully saturated rings. The summed E-state index contributed by atoms with van der Waals surface area (Å²) in [7, 11) is 1.85. The van der Waals surface area contributed by atoms with Crippen molar-refractivity contribution in [2.45, 2.75) is 49.9 Å². The van der Waals surface area contributed by atoms with Crippen LogP contribution in [0.25, 0.3) is 0 Å². The summed E-state index contributed by atoms with van der Waals surface area (Å²) in [5, 5.41) is 7.79. The zero-order chi connectivity index (χ0) is 19.4. The molecule has 0 aliphatic heterocycles. The summed E-state index contributed by atoms with van der Waals surface area (Å²) in [6.45, 7) is 0.643. The van der Waals surface area contributed by atoms with Crippen LogP contribution in [-0.4, -0.2) is 27.2 Å². The van der Waals surface area contributed by atoms with Crippen LogP contribution >= 0.6 is 0 Å². The number of aryl methyl sites for hydroxylation is 1. The van der Waals surface area contributed by atoms with Gasteiger partial charge in [-0.05, 0) is 37.0 Å². The third kappa shape index (κ3) is 3.79. The maximum atomic E-state index is 13.0. The summed E-state index contributed by atoms with van der Waals surface area (Å²) >= 11 is 0. The molecule has 5 heteroatoms. The Kier molecular flexibility index (Phi) is 5.42. The predicted molar refractivity (Wildman–Crippen MR) is 110 cm³/mol. The molecule has 2 aliphatic rings. The van der Waals surface area contributed by atoms with E-state index in [1.807, 2.05) is 37.7 Å². The van der Waals surface area contributed by atoms with Crippen molar-refractivity contribution in [1.29, 1.82) is 0 Å². The third-order valence-electron chi connectivity index (χ3n) is 6.16. The largest absolute Gasteiger partial charge is 0.350 e. The number of allylic oxidation sites excluding steroid dienone is 4. The summed E-state index contributed by atoms with van der Waals surface area (Å²) in [5.41, 5.74) is 2.79. The number of nitrogens with one attached hydrogen (secondary N) is 1. The molecule has 0 aromatic carbocycles. The van der Waals surface area contributed by atoms with E-state index in [9.17, 15) is 4.79 Å². The summed E-state index contributed by atoms with van der Waals surface area (Å²) in [6, 6.07) is 6.07. The van der Waals surface area contributed by atoms with Crippen LogP contribution in [0.1, 0.15) is 66.2 Å². The minimum Gasteiger partial charge on any atom is -0.350 e. The van der Waals surface area contributed by atoms with Crippen LogP contribution in [0.3, 0.4) is 0 Å². The van der Waals surface area contributed by atoms with Gasteiger partial charge < -0.3 is 5.32 Å². The summed E-state index contributed by atoms with van der Waals surface area (Å²) in [4.78, 5) is 17.3. The Bertz CT molecular complexity index is 875. The minimum absolute atomic E-state index is 0.0134. The van der Waals surface area contributed by atoms with Gasteiger partial charge in [0.2, 0.25) is 0 Å². The highest BCUT2D eigenvalue weighted by molar-refractivity contribution is 5.92. The lowest BCUT2D eigenvalue weighted by atomic mass is 9.70. The first kappa shape index (κ1) is 18.7. The van der Waals surface area contributed by atoms with Gasteiger partial charge in [-0.2, -0.15) is 5.10 Å². The molecule has 0 saturated heterocycles. The molecule has 0 radical (unpaired) electrons. The van der Waals surface area contributed by atoms with Crippen LogP contribution in [-0.2, 0) is 12.5 Å². The van der Waals surface area contributed by atoms with E-state index in [2.05, 4.69) is 39.7 Å². The highest BCUT2D eigenvalue weighted by Gasteiger charge is 2.34. The molecule has 4 rings (SSSR count). The van der Waals surface area contributed by atoms with Crippen molar-refractivity contribution in [3.63, 3.8) is 0 Å². The normalized spacial score (nSPS) is 20.8. The maximum Gasteiger partial charge on any atom is 0.269 e. The minimum atomic E-state index is -0.0505. The summed E-state index contributed by atoms with van der Waals surface area (Å²) in [5.74, 6) is 0.197. The molecule has 28 heavy (non-hydrogen) atoms. The fourth-order valence-electron chi connectivity index (χ4n) is 4.50. The van der Waals surface area contributed by atoms with Gasteiger partial charge in [0.15, 0.2) is 0 Å². The average molecular weight is 377 g/mol. The smallest absolute Gasteiger partial charge is 0.269 e. The number of nitrogens with zero attached hydrogens (tertiary/aromatic N) is 3. The Hall–Kier alpha value is -2.69. The van der Waals surface area contributed by atoms with Crippen LogP contribution in [0.4, 0.5) is 0 Å². The van der Waals surface area contributed by atoms with Crippen LogP contribution in [0.15, 0.2) is 54.9 Å². The molecular weight excluding hydrogens is 348 g/mol. The molecule has 1 saturated carbocycles. The number of carbonyl (C=O) groups excluding carboxylic acids is 1. The number of aromatic nitrogens is 3. The van der Waals surface area contributed by atoms with Gasteiger partial charge in [0.25, 0.3) is 5.91 Å². The SMILES string of the molecule is Cn1nc(C2C=CC=CC2)cc1C(=O)NCC1(c2cccnc2)CCCCC1. The van der Waals surface area contributed by atoms with E-state index < -0.39 is 0 Å². The monoisotopic (exact) mass is 376 g/mol. The van der Waals surface area contributed by atoms with Gasteiger partial charge in [0, 0.05) is 37.3 Å². The quantitative estimate of drug-likeness (QED) is 0.856. The fourth-order valence-corrected chi connectivity index (χ4v) is 4.50. The van der Waals surface area contributed by atoms with Gasteiger partial charge >= 0.3 is 0 Å².